The average Bonchev–Trinajstić information content (AvgIpc) is 3.09. The Kier molecular flexibility index (Phi) is 37.2. The average molecular weight is 738 g/mol. The maximum absolute atomic E-state index is 12.5. The molecule has 0 fully saturated rings. The van der Waals surface area contributed by atoms with E-state index in [2.05, 4.69) is 55.6 Å². The molecule has 0 aliphatic rings. The maximum Gasteiger partial charge on any atom is 0.266 e. The lowest BCUT2D eigenvalue weighted by atomic mass is 10.0. The van der Waals surface area contributed by atoms with E-state index in [1.807, 2.05) is 0 Å². The predicted molar refractivity (Wildman–Crippen MR) is 221 cm³/mol. The first-order valence-corrected chi connectivity index (χ1v) is 23.3. The van der Waals surface area contributed by atoms with Crippen LogP contribution in [0.1, 0.15) is 219 Å². The van der Waals surface area contributed by atoms with Gasteiger partial charge in [0.25, 0.3) is 10.1 Å². The molecule has 0 radical (unpaired) electrons. The number of aliphatic hydroxyl groups excluding tert-OH is 1. The van der Waals surface area contributed by atoms with Crippen molar-refractivity contribution in [1.29, 1.82) is 0 Å². The second-order valence-electron chi connectivity index (χ2n) is 15.0. The summed E-state index contributed by atoms with van der Waals surface area (Å²) in [5.41, 5.74) is 0. The topological polar surface area (TPSA) is 104 Å². The van der Waals surface area contributed by atoms with Gasteiger partial charge < -0.3 is 10.4 Å². The van der Waals surface area contributed by atoms with Crippen LogP contribution in [0.4, 0.5) is 0 Å². The van der Waals surface area contributed by atoms with E-state index in [4.69, 9.17) is 0 Å². The van der Waals surface area contributed by atoms with Crippen LogP contribution in [0.25, 0.3) is 0 Å². The van der Waals surface area contributed by atoms with E-state index in [1.165, 1.54) is 128 Å². The third-order valence-electron chi connectivity index (χ3n) is 9.85. The van der Waals surface area contributed by atoms with Crippen LogP contribution in [-0.2, 0) is 14.9 Å². The minimum atomic E-state index is -4.31. The predicted octanol–water partition coefficient (Wildman–Crippen LogP) is 12.9. The van der Waals surface area contributed by atoms with Crippen molar-refractivity contribution in [3.8, 4) is 0 Å². The summed E-state index contributed by atoms with van der Waals surface area (Å²) in [6, 6.07) is -0.977. The zero-order valence-electron chi connectivity index (χ0n) is 33.5. The smallest absolute Gasteiger partial charge is 0.266 e. The molecule has 0 bridgehead atoms. The molecule has 0 aromatic heterocycles. The fourth-order valence-corrected chi connectivity index (χ4v) is 7.34. The highest BCUT2D eigenvalue weighted by atomic mass is 32.2. The van der Waals surface area contributed by atoms with Gasteiger partial charge >= 0.3 is 0 Å². The standard InChI is InChI=1S/C44H83NO5S/c1-3-5-7-9-11-13-15-17-19-20-21-22-23-24-26-28-30-32-34-36-38-40-44(47)45-42(41-51(48,49)50)43(46)39-37-35-33-31-29-27-25-18-16-14-12-10-8-6-4-2/h15,17,20-21,23-24,42-43,46H,3-14,16,18-19,22,25-41H2,1-2H3,(H,45,47)(H,48,49,50)/b17-15-,21-20-,24-23-. The van der Waals surface area contributed by atoms with E-state index in [-0.39, 0.29) is 5.91 Å². The number of allylic oxidation sites excluding steroid dienone is 6. The Morgan fingerprint density at radius 2 is 0.882 bits per heavy atom. The third-order valence-corrected chi connectivity index (χ3v) is 10.6. The minimum Gasteiger partial charge on any atom is -0.391 e. The van der Waals surface area contributed by atoms with Crippen LogP contribution in [0, 0.1) is 0 Å². The number of amides is 1. The number of carbonyl (C=O) groups excluding carboxylic acids is 1. The van der Waals surface area contributed by atoms with E-state index >= 15 is 0 Å². The van der Waals surface area contributed by atoms with Crippen LogP contribution >= 0.6 is 0 Å². The van der Waals surface area contributed by atoms with Gasteiger partial charge in [0.05, 0.1) is 17.9 Å². The molecule has 0 aromatic rings. The lowest BCUT2D eigenvalue weighted by Gasteiger charge is -2.23. The van der Waals surface area contributed by atoms with Crippen LogP contribution in [0.3, 0.4) is 0 Å². The molecule has 0 aliphatic carbocycles. The van der Waals surface area contributed by atoms with E-state index in [0.717, 1.165) is 64.2 Å². The second kappa shape index (κ2) is 38.3. The first-order chi connectivity index (χ1) is 24.8. The lowest BCUT2D eigenvalue weighted by Crippen LogP contribution is -2.47. The van der Waals surface area contributed by atoms with Gasteiger partial charge in [-0.05, 0) is 51.4 Å². The van der Waals surface area contributed by atoms with Crippen molar-refractivity contribution in [3.05, 3.63) is 36.5 Å². The van der Waals surface area contributed by atoms with E-state index in [9.17, 15) is 22.9 Å². The van der Waals surface area contributed by atoms with Gasteiger partial charge in [0.1, 0.15) is 0 Å². The highest BCUT2D eigenvalue weighted by Gasteiger charge is 2.26. The van der Waals surface area contributed by atoms with Crippen LogP contribution in [0.2, 0.25) is 0 Å². The monoisotopic (exact) mass is 738 g/mol. The van der Waals surface area contributed by atoms with Gasteiger partial charge in [0.15, 0.2) is 0 Å². The Bertz CT molecular complexity index is 945. The summed E-state index contributed by atoms with van der Waals surface area (Å²) in [5, 5.41) is 13.4. The summed E-state index contributed by atoms with van der Waals surface area (Å²) in [6.45, 7) is 4.52. The number of carbonyl (C=O) groups is 1. The molecule has 0 aromatic carbocycles. The van der Waals surface area contributed by atoms with Gasteiger partial charge in [-0.25, -0.2) is 0 Å². The molecule has 0 saturated carbocycles. The Morgan fingerprint density at radius 1 is 0.529 bits per heavy atom. The molecule has 3 N–H and O–H groups in total. The van der Waals surface area contributed by atoms with Crippen molar-refractivity contribution in [3.63, 3.8) is 0 Å². The van der Waals surface area contributed by atoms with Gasteiger partial charge in [0.2, 0.25) is 5.91 Å². The highest BCUT2D eigenvalue weighted by Crippen LogP contribution is 2.16. The van der Waals surface area contributed by atoms with E-state index in [1.54, 1.807) is 0 Å². The lowest BCUT2D eigenvalue weighted by molar-refractivity contribution is -0.122. The van der Waals surface area contributed by atoms with Gasteiger partial charge in [-0.15, -0.1) is 0 Å². The summed E-state index contributed by atoms with van der Waals surface area (Å²) in [6.07, 6.45) is 49.5. The summed E-state index contributed by atoms with van der Waals surface area (Å²) in [5.74, 6) is -0.910. The number of aliphatic hydroxyl groups is 1. The number of unbranched alkanes of at least 4 members (excludes halogenated alkanes) is 25. The Balaban J connectivity index is 3.87. The van der Waals surface area contributed by atoms with Gasteiger partial charge in [-0.1, -0.05) is 198 Å². The molecule has 0 saturated heterocycles. The van der Waals surface area contributed by atoms with Gasteiger partial charge in [-0.3, -0.25) is 9.35 Å². The molecule has 0 heterocycles. The molecule has 2 unspecified atom stereocenters. The third kappa shape index (κ3) is 39.6. The number of hydrogen-bond donors (Lipinski definition) is 3. The zero-order chi connectivity index (χ0) is 37.5. The van der Waals surface area contributed by atoms with Crippen molar-refractivity contribution in [2.75, 3.05) is 5.75 Å². The molecule has 51 heavy (non-hydrogen) atoms. The quantitative estimate of drug-likeness (QED) is 0.0331. The molecular formula is C44H83NO5S. The Morgan fingerprint density at radius 3 is 1.29 bits per heavy atom. The second-order valence-corrected chi connectivity index (χ2v) is 16.5. The van der Waals surface area contributed by atoms with Crippen LogP contribution in [0.15, 0.2) is 36.5 Å². The van der Waals surface area contributed by atoms with Crippen LogP contribution < -0.4 is 5.32 Å². The molecule has 2 atom stereocenters. The van der Waals surface area contributed by atoms with E-state index < -0.39 is 28.0 Å². The van der Waals surface area contributed by atoms with Crippen molar-refractivity contribution in [2.24, 2.45) is 0 Å². The van der Waals surface area contributed by atoms with E-state index in [0.29, 0.717) is 12.8 Å². The largest absolute Gasteiger partial charge is 0.391 e. The molecule has 6 nitrogen and oxygen atoms in total. The highest BCUT2D eigenvalue weighted by molar-refractivity contribution is 7.85. The number of nitrogens with one attached hydrogen (secondary N) is 1. The van der Waals surface area contributed by atoms with Crippen LogP contribution in [0.5, 0.6) is 0 Å². The maximum atomic E-state index is 12.5. The Hall–Kier alpha value is -1.44. The first kappa shape index (κ1) is 49.6. The number of hydrogen-bond acceptors (Lipinski definition) is 4. The molecule has 7 heteroatoms. The first-order valence-electron chi connectivity index (χ1n) is 21.7. The van der Waals surface area contributed by atoms with Crippen molar-refractivity contribution < 1.29 is 22.9 Å². The summed E-state index contributed by atoms with van der Waals surface area (Å²) in [4.78, 5) is 12.5. The van der Waals surface area contributed by atoms with Gasteiger partial charge in [-0.2, -0.15) is 8.42 Å². The van der Waals surface area contributed by atoms with Crippen molar-refractivity contribution >= 4 is 16.0 Å². The molecular weight excluding hydrogens is 655 g/mol. The van der Waals surface area contributed by atoms with Gasteiger partial charge in [0, 0.05) is 6.42 Å². The summed E-state index contributed by atoms with van der Waals surface area (Å²) < 4.78 is 32.6. The van der Waals surface area contributed by atoms with Crippen LogP contribution in [-0.4, -0.2) is 41.9 Å². The summed E-state index contributed by atoms with van der Waals surface area (Å²) >= 11 is 0. The van der Waals surface area contributed by atoms with Crippen molar-refractivity contribution in [2.45, 2.75) is 231 Å². The minimum absolute atomic E-state index is 0.257. The fraction of sp³-hybridized carbons (Fsp3) is 0.841. The summed E-state index contributed by atoms with van der Waals surface area (Å²) in [7, 11) is -4.31. The molecule has 300 valence electrons. The van der Waals surface area contributed by atoms with Crippen molar-refractivity contribution in [1.82, 2.24) is 5.32 Å². The SMILES string of the molecule is CCCCCCC/C=C\C/C=C\C/C=C\CCCCCCCCC(=O)NC(CS(=O)(=O)O)C(O)CCCCCCCCCCCCCCCCC. The molecule has 0 spiro atoms. The number of rotatable bonds is 39. The normalized spacial score (nSPS) is 13.6. The Labute approximate surface area is 316 Å². The molecule has 0 aliphatic heterocycles. The zero-order valence-corrected chi connectivity index (χ0v) is 34.3. The molecule has 1 amide bonds. The molecule has 0 rings (SSSR count). The fourth-order valence-electron chi connectivity index (χ4n) is 6.58.